The van der Waals surface area contributed by atoms with Crippen LogP contribution in [-0.4, -0.2) is 0 Å². The van der Waals surface area contributed by atoms with E-state index in [1.165, 1.54) is 69.9 Å². The lowest BCUT2D eigenvalue weighted by Crippen LogP contribution is -2.15. The SMILES string of the molecule is CCCCCC[C@H]1CC[C@H](/C=C/C2CCC(c3cc(F)c(C#N)c(F)c3)CC2)CC1. The van der Waals surface area contributed by atoms with Gasteiger partial charge in [0.15, 0.2) is 0 Å². The molecule has 0 amide bonds. The normalized spacial score (nSPS) is 27.3. The number of halogens is 2. The average molecular weight is 414 g/mol. The molecule has 0 aromatic heterocycles. The fourth-order valence-electron chi connectivity index (χ4n) is 5.42. The Kier molecular flexibility index (Phi) is 8.91. The molecule has 3 rings (SSSR count). The molecule has 30 heavy (non-hydrogen) atoms. The number of rotatable bonds is 8. The Labute approximate surface area is 181 Å². The van der Waals surface area contributed by atoms with Gasteiger partial charge in [0.05, 0.1) is 0 Å². The Hall–Kier alpha value is -1.69. The van der Waals surface area contributed by atoms with Gasteiger partial charge in [-0.2, -0.15) is 5.26 Å². The summed E-state index contributed by atoms with van der Waals surface area (Å²) < 4.78 is 27.9. The second-order valence-corrected chi connectivity index (χ2v) is 9.60. The maximum Gasteiger partial charge on any atom is 0.144 e. The molecule has 0 N–H and O–H groups in total. The van der Waals surface area contributed by atoms with Gasteiger partial charge in [0.25, 0.3) is 0 Å². The van der Waals surface area contributed by atoms with Crippen molar-refractivity contribution in [2.45, 2.75) is 96.3 Å². The molecule has 0 heterocycles. The molecule has 1 aromatic rings. The third-order valence-corrected chi connectivity index (χ3v) is 7.43. The summed E-state index contributed by atoms with van der Waals surface area (Å²) in [6.45, 7) is 2.27. The van der Waals surface area contributed by atoms with Crippen LogP contribution in [-0.2, 0) is 0 Å². The van der Waals surface area contributed by atoms with Gasteiger partial charge in [-0.25, -0.2) is 8.78 Å². The van der Waals surface area contributed by atoms with Crippen molar-refractivity contribution in [3.05, 3.63) is 47.0 Å². The van der Waals surface area contributed by atoms with Gasteiger partial charge in [-0.1, -0.05) is 51.2 Å². The Balaban J connectivity index is 1.40. The summed E-state index contributed by atoms with van der Waals surface area (Å²) in [6, 6.07) is 4.34. The lowest BCUT2D eigenvalue weighted by Gasteiger charge is -2.29. The molecule has 0 aliphatic heterocycles. The Morgan fingerprint density at radius 1 is 0.867 bits per heavy atom. The summed E-state index contributed by atoms with van der Waals surface area (Å²) in [6.07, 6.45) is 21.4. The summed E-state index contributed by atoms with van der Waals surface area (Å²) in [7, 11) is 0. The summed E-state index contributed by atoms with van der Waals surface area (Å²) in [4.78, 5) is 0. The number of unbranched alkanes of at least 4 members (excludes halogenated alkanes) is 3. The molecule has 2 aliphatic carbocycles. The number of hydrogen-bond acceptors (Lipinski definition) is 1. The molecule has 0 radical (unpaired) electrons. The molecule has 2 aliphatic rings. The molecule has 3 heteroatoms. The third-order valence-electron chi connectivity index (χ3n) is 7.43. The van der Waals surface area contributed by atoms with E-state index in [1.54, 1.807) is 6.07 Å². The summed E-state index contributed by atoms with van der Waals surface area (Å²) in [5, 5.41) is 8.84. The van der Waals surface area contributed by atoms with Crippen LogP contribution in [0.4, 0.5) is 8.78 Å². The van der Waals surface area contributed by atoms with Crippen LogP contribution in [0.2, 0.25) is 0 Å². The van der Waals surface area contributed by atoms with E-state index >= 15 is 0 Å². The molecule has 0 bridgehead atoms. The summed E-state index contributed by atoms with van der Waals surface area (Å²) in [5.74, 6) is 1.05. The molecule has 0 unspecified atom stereocenters. The van der Waals surface area contributed by atoms with Crippen molar-refractivity contribution in [1.82, 2.24) is 0 Å². The summed E-state index contributed by atoms with van der Waals surface area (Å²) >= 11 is 0. The minimum atomic E-state index is -0.726. The molecule has 164 valence electrons. The standard InChI is InChI=1S/C27H37F2N/c1-2-3-4-5-6-20-7-9-21(10-8-20)11-12-22-13-15-23(16-14-22)24-17-26(28)25(19-30)27(29)18-24/h11-12,17-18,20-23H,2-10,13-16H2,1H3/b12-11+/t20-,21-,22?,23?. The van der Waals surface area contributed by atoms with Gasteiger partial charge in [-0.05, 0) is 92.7 Å². The highest BCUT2D eigenvalue weighted by Gasteiger charge is 2.24. The van der Waals surface area contributed by atoms with Crippen LogP contribution >= 0.6 is 0 Å². The highest BCUT2D eigenvalue weighted by molar-refractivity contribution is 5.36. The van der Waals surface area contributed by atoms with Crippen LogP contribution in [0.25, 0.3) is 0 Å². The number of hydrogen-bond donors (Lipinski definition) is 0. The third kappa shape index (κ3) is 6.40. The lowest BCUT2D eigenvalue weighted by molar-refractivity contribution is 0.287. The molecule has 1 nitrogen and oxygen atoms in total. The minimum Gasteiger partial charge on any atom is -0.205 e. The zero-order valence-corrected chi connectivity index (χ0v) is 18.5. The second-order valence-electron chi connectivity index (χ2n) is 9.60. The van der Waals surface area contributed by atoms with Gasteiger partial charge >= 0.3 is 0 Å². The van der Waals surface area contributed by atoms with Crippen molar-refractivity contribution < 1.29 is 8.78 Å². The predicted octanol–water partition coefficient (Wildman–Crippen LogP) is 8.44. The average Bonchev–Trinajstić information content (AvgIpc) is 2.76. The first-order chi connectivity index (χ1) is 14.6. The van der Waals surface area contributed by atoms with Gasteiger partial charge < -0.3 is 0 Å². The Morgan fingerprint density at radius 2 is 1.43 bits per heavy atom. The Bertz CT molecular complexity index is 709. The highest BCUT2D eigenvalue weighted by Crippen LogP contribution is 2.38. The molecular weight excluding hydrogens is 376 g/mol. The maximum absolute atomic E-state index is 13.9. The Morgan fingerprint density at radius 3 is 1.97 bits per heavy atom. The number of benzene rings is 1. The number of nitrogens with zero attached hydrogens (tertiary/aromatic N) is 1. The first-order valence-corrected chi connectivity index (χ1v) is 12.2. The topological polar surface area (TPSA) is 23.8 Å². The van der Waals surface area contributed by atoms with Crippen molar-refractivity contribution >= 4 is 0 Å². The highest BCUT2D eigenvalue weighted by atomic mass is 19.1. The van der Waals surface area contributed by atoms with Crippen molar-refractivity contribution in [2.75, 3.05) is 0 Å². The van der Waals surface area contributed by atoms with Crippen LogP contribution < -0.4 is 0 Å². The van der Waals surface area contributed by atoms with Crippen LogP contribution in [0, 0.1) is 40.7 Å². The minimum absolute atomic E-state index is 0.203. The molecule has 2 saturated carbocycles. The van der Waals surface area contributed by atoms with Crippen LogP contribution in [0.5, 0.6) is 0 Å². The maximum atomic E-state index is 13.9. The molecule has 1 aromatic carbocycles. The second kappa shape index (κ2) is 11.6. The fourth-order valence-corrected chi connectivity index (χ4v) is 5.42. The van der Waals surface area contributed by atoms with Crippen LogP contribution in [0.1, 0.15) is 107 Å². The zero-order chi connectivity index (χ0) is 21.3. The van der Waals surface area contributed by atoms with Gasteiger partial charge in [-0.3, -0.25) is 0 Å². The van der Waals surface area contributed by atoms with Crippen molar-refractivity contribution in [1.29, 1.82) is 5.26 Å². The van der Waals surface area contributed by atoms with Crippen LogP contribution in [0.15, 0.2) is 24.3 Å². The number of nitriles is 1. The van der Waals surface area contributed by atoms with E-state index in [2.05, 4.69) is 19.1 Å². The first-order valence-electron chi connectivity index (χ1n) is 12.2. The largest absolute Gasteiger partial charge is 0.205 e. The molecule has 0 spiro atoms. The molecule has 0 saturated heterocycles. The van der Waals surface area contributed by atoms with Crippen LogP contribution in [0.3, 0.4) is 0 Å². The van der Waals surface area contributed by atoms with Gasteiger partial charge in [0.2, 0.25) is 0 Å². The fraction of sp³-hybridized carbons (Fsp3) is 0.667. The van der Waals surface area contributed by atoms with E-state index in [0.717, 1.165) is 37.5 Å². The summed E-state index contributed by atoms with van der Waals surface area (Å²) in [5.41, 5.74) is 0.245. The zero-order valence-electron chi connectivity index (χ0n) is 18.5. The van der Waals surface area contributed by atoms with Gasteiger partial charge in [-0.15, -0.1) is 0 Å². The van der Waals surface area contributed by atoms with Crippen molar-refractivity contribution in [2.24, 2.45) is 17.8 Å². The van der Waals surface area contributed by atoms with E-state index in [-0.39, 0.29) is 5.92 Å². The van der Waals surface area contributed by atoms with E-state index in [9.17, 15) is 8.78 Å². The van der Waals surface area contributed by atoms with E-state index < -0.39 is 17.2 Å². The first kappa shape index (κ1) is 23.0. The smallest absolute Gasteiger partial charge is 0.144 e. The van der Waals surface area contributed by atoms with E-state index in [1.807, 2.05) is 0 Å². The van der Waals surface area contributed by atoms with E-state index in [0.29, 0.717) is 11.5 Å². The molecule has 0 atom stereocenters. The lowest BCUT2D eigenvalue weighted by atomic mass is 9.76. The van der Waals surface area contributed by atoms with E-state index in [4.69, 9.17) is 5.26 Å². The van der Waals surface area contributed by atoms with Gasteiger partial charge in [0.1, 0.15) is 23.3 Å². The van der Waals surface area contributed by atoms with Gasteiger partial charge in [0, 0.05) is 0 Å². The monoisotopic (exact) mass is 413 g/mol. The quantitative estimate of drug-likeness (QED) is 0.310. The predicted molar refractivity (Wildman–Crippen MR) is 119 cm³/mol. The molecular formula is C27H37F2N. The number of allylic oxidation sites excluding steroid dienone is 2. The van der Waals surface area contributed by atoms with Crippen molar-refractivity contribution in [3.63, 3.8) is 0 Å². The van der Waals surface area contributed by atoms with Crippen molar-refractivity contribution in [3.8, 4) is 6.07 Å². The molecule has 2 fully saturated rings.